The van der Waals surface area contributed by atoms with Gasteiger partial charge in [0.2, 0.25) is 6.41 Å². The molecule has 44 heavy (non-hydrogen) atoms. The Hall–Kier alpha value is -1.34. The van der Waals surface area contributed by atoms with Gasteiger partial charge in [-0.05, 0) is 43.9 Å². The number of carbonyl (C=O) groups excluding carboxylic acids is 2. The maximum atomic E-state index is 13.0. The topological polar surface area (TPSA) is 65.1 Å². The van der Waals surface area contributed by atoms with Crippen LogP contribution in [0.5, 0.6) is 0 Å². The number of carbonyl (C=O) groups is 2. The van der Waals surface area contributed by atoms with E-state index in [-0.39, 0.29) is 12.1 Å². The summed E-state index contributed by atoms with van der Waals surface area (Å²) in [6.07, 6.45) is 26.5. The summed E-state index contributed by atoms with van der Waals surface area (Å²) in [5, 5.41) is 4.62. The zero-order valence-corrected chi connectivity index (χ0v) is 30.0. The van der Waals surface area contributed by atoms with Crippen LogP contribution in [0.1, 0.15) is 163 Å². The fourth-order valence-corrected chi connectivity index (χ4v) is 6.52. The Morgan fingerprint density at radius 3 is 1.82 bits per heavy atom. The Morgan fingerprint density at radius 1 is 0.795 bits per heavy atom. The van der Waals surface area contributed by atoms with Gasteiger partial charge >= 0.3 is 6.03 Å². The fourth-order valence-electron chi connectivity index (χ4n) is 6.52. The molecule has 260 valence electrons. The van der Waals surface area contributed by atoms with Crippen LogP contribution in [0.4, 0.5) is 4.79 Å². The standard InChI is InChI=1S/C37H74N4O3/c1-6-7-8-9-10-11-12-13-14-15-16-17-18-19-20-22-26-38-37(43)41-27-23-21-24-36(41)25-30-44-40(33-42)29-28-39(31-34(2)3)32-35(4)5/h33-36H,6-32H2,1-5H3,(H,38,43). The highest BCUT2D eigenvalue weighted by Crippen LogP contribution is 2.20. The number of likely N-dealkylation sites (tertiary alicyclic amines) is 1. The molecule has 1 N–H and O–H groups in total. The molecule has 1 aliphatic heterocycles. The zero-order chi connectivity index (χ0) is 32.3. The fraction of sp³-hybridized carbons (Fsp3) is 0.946. The molecule has 7 nitrogen and oxygen atoms in total. The van der Waals surface area contributed by atoms with Gasteiger partial charge in [0, 0.05) is 38.8 Å². The van der Waals surface area contributed by atoms with Gasteiger partial charge in [0.15, 0.2) is 0 Å². The Morgan fingerprint density at radius 2 is 1.32 bits per heavy atom. The van der Waals surface area contributed by atoms with Crippen LogP contribution in [0.3, 0.4) is 0 Å². The van der Waals surface area contributed by atoms with Crippen molar-refractivity contribution in [3.63, 3.8) is 0 Å². The molecule has 1 atom stereocenters. The highest BCUT2D eigenvalue weighted by atomic mass is 16.7. The molecule has 7 heteroatoms. The third-order valence-corrected chi connectivity index (χ3v) is 8.90. The van der Waals surface area contributed by atoms with Gasteiger partial charge in [-0.3, -0.25) is 9.63 Å². The van der Waals surface area contributed by atoms with Crippen molar-refractivity contribution < 1.29 is 14.4 Å². The van der Waals surface area contributed by atoms with Crippen LogP contribution in [-0.4, -0.2) is 79.2 Å². The summed E-state index contributed by atoms with van der Waals surface area (Å²) < 4.78 is 0. The molecule has 1 heterocycles. The van der Waals surface area contributed by atoms with Gasteiger partial charge in [0.05, 0.1) is 13.2 Å². The van der Waals surface area contributed by atoms with E-state index in [0.717, 1.165) is 71.2 Å². The second kappa shape index (κ2) is 27.9. The quantitative estimate of drug-likeness (QED) is 0.0513. The second-order valence-corrected chi connectivity index (χ2v) is 14.3. The van der Waals surface area contributed by atoms with Gasteiger partial charge in [-0.1, -0.05) is 131 Å². The van der Waals surface area contributed by atoms with Crippen LogP contribution < -0.4 is 5.32 Å². The van der Waals surface area contributed by atoms with Gasteiger partial charge in [0.25, 0.3) is 0 Å². The molecule has 1 rings (SSSR count). The minimum Gasteiger partial charge on any atom is -0.338 e. The number of nitrogens with zero attached hydrogens (tertiary/aromatic N) is 3. The summed E-state index contributed by atoms with van der Waals surface area (Å²) in [5.74, 6) is 1.18. The van der Waals surface area contributed by atoms with E-state index in [0.29, 0.717) is 25.0 Å². The van der Waals surface area contributed by atoms with E-state index >= 15 is 0 Å². The van der Waals surface area contributed by atoms with E-state index in [4.69, 9.17) is 4.84 Å². The first kappa shape index (κ1) is 40.7. The number of urea groups is 1. The lowest BCUT2D eigenvalue weighted by molar-refractivity contribution is -0.175. The number of amides is 3. The molecule has 0 aromatic carbocycles. The summed E-state index contributed by atoms with van der Waals surface area (Å²) in [6, 6.07) is 0.252. The first-order valence-corrected chi connectivity index (χ1v) is 19.0. The van der Waals surface area contributed by atoms with Crippen molar-refractivity contribution in [1.29, 1.82) is 0 Å². The molecule has 1 fully saturated rings. The summed E-state index contributed by atoms with van der Waals surface area (Å²) in [7, 11) is 0. The van der Waals surface area contributed by atoms with Crippen LogP contribution in [0.2, 0.25) is 0 Å². The first-order chi connectivity index (χ1) is 21.4. The Labute approximate surface area is 273 Å². The number of nitrogens with one attached hydrogen (secondary N) is 1. The third kappa shape index (κ3) is 22.2. The van der Waals surface area contributed by atoms with Gasteiger partial charge in [-0.15, -0.1) is 0 Å². The summed E-state index contributed by atoms with van der Waals surface area (Å²) in [6.45, 7) is 16.7. The molecule has 0 aliphatic carbocycles. The van der Waals surface area contributed by atoms with E-state index < -0.39 is 0 Å². The SMILES string of the molecule is CCCCCCCCCCCCCCCCCCNC(=O)N1CCCCC1CCON(C=O)CCN(CC(C)C)CC(C)C. The van der Waals surface area contributed by atoms with E-state index in [9.17, 15) is 9.59 Å². The number of unbranched alkanes of at least 4 members (excludes halogenated alkanes) is 15. The zero-order valence-electron chi connectivity index (χ0n) is 30.0. The average Bonchev–Trinajstić information content (AvgIpc) is 2.99. The van der Waals surface area contributed by atoms with Crippen molar-refractivity contribution in [2.45, 2.75) is 169 Å². The van der Waals surface area contributed by atoms with Crippen molar-refractivity contribution in [1.82, 2.24) is 20.2 Å². The average molecular weight is 623 g/mol. The molecule has 0 saturated carbocycles. The predicted octanol–water partition coefficient (Wildman–Crippen LogP) is 9.21. The predicted molar refractivity (Wildman–Crippen MR) is 187 cm³/mol. The van der Waals surface area contributed by atoms with E-state index in [1.54, 1.807) is 0 Å². The summed E-state index contributed by atoms with van der Waals surface area (Å²) in [5.41, 5.74) is 0. The normalized spacial score (nSPS) is 15.5. The minimum absolute atomic E-state index is 0.0703. The maximum absolute atomic E-state index is 13.0. The van der Waals surface area contributed by atoms with E-state index in [2.05, 4.69) is 44.8 Å². The second-order valence-electron chi connectivity index (χ2n) is 14.3. The molecule has 1 saturated heterocycles. The van der Waals surface area contributed by atoms with Crippen LogP contribution in [0.25, 0.3) is 0 Å². The van der Waals surface area contributed by atoms with Gasteiger partial charge in [-0.2, -0.15) is 0 Å². The van der Waals surface area contributed by atoms with Crippen LogP contribution in [0.15, 0.2) is 0 Å². The molecule has 3 amide bonds. The van der Waals surface area contributed by atoms with E-state index in [1.165, 1.54) is 101 Å². The van der Waals surface area contributed by atoms with Crippen LogP contribution in [0, 0.1) is 11.8 Å². The molecule has 1 unspecified atom stereocenters. The Kier molecular flexibility index (Phi) is 25.8. The summed E-state index contributed by atoms with van der Waals surface area (Å²) in [4.78, 5) is 34.9. The van der Waals surface area contributed by atoms with E-state index in [1.807, 2.05) is 4.90 Å². The third-order valence-electron chi connectivity index (χ3n) is 8.90. The van der Waals surface area contributed by atoms with Gasteiger partial charge < -0.3 is 15.1 Å². The highest BCUT2D eigenvalue weighted by Gasteiger charge is 2.26. The molecule has 0 aromatic heterocycles. The highest BCUT2D eigenvalue weighted by molar-refractivity contribution is 5.74. The van der Waals surface area contributed by atoms with Crippen molar-refractivity contribution in [2.75, 3.05) is 45.9 Å². The number of hydroxylamine groups is 2. The van der Waals surface area contributed by atoms with Crippen LogP contribution in [-0.2, 0) is 9.63 Å². The lowest BCUT2D eigenvalue weighted by Gasteiger charge is -2.36. The Balaban J connectivity index is 2.13. The number of hydrogen-bond donors (Lipinski definition) is 1. The van der Waals surface area contributed by atoms with Gasteiger partial charge in [-0.25, -0.2) is 9.86 Å². The molecular formula is C37H74N4O3. The van der Waals surface area contributed by atoms with Crippen molar-refractivity contribution in [2.24, 2.45) is 11.8 Å². The number of rotatable bonds is 29. The molecular weight excluding hydrogens is 548 g/mol. The maximum Gasteiger partial charge on any atom is 0.317 e. The van der Waals surface area contributed by atoms with Crippen molar-refractivity contribution >= 4 is 12.4 Å². The smallest absolute Gasteiger partial charge is 0.317 e. The Bertz CT molecular complexity index is 665. The minimum atomic E-state index is 0.0703. The molecule has 1 aliphatic rings. The first-order valence-electron chi connectivity index (χ1n) is 19.0. The lowest BCUT2D eigenvalue weighted by Crippen LogP contribution is -2.49. The molecule has 0 radical (unpaired) electrons. The van der Waals surface area contributed by atoms with Crippen molar-refractivity contribution in [3.8, 4) is 0 Å². The summed E-state index contributed by atoms with van der Waals surface area (Å²) >= 11 is 0. The number of hydrogen-bond acceptors (Lipinski definition) is 4. The molecule has 0 spiro atoms. The monoisotopic (exact) mass is 623 g/mol. The van der Waals surface area contributed by atoms with Gasteiger partial charge in [0.1, 0.15) is 0 Å². The molecule has 0 bridgehead atoms. The number of piperidine rings is 1. The lowest BCUT2D eigenvalue weighted by atomic mass is 10.00. The largest absolute Gasteiger partial charge is 0.338 e. The van der Waals surface area contributed by atoms with Crippen LogP contribution >= 0.6 is 0 Å². The van der Waals surface area contributed by atoms with Crippen molar-refractivity contribution in [3.05, 3.63) is 0 Å². The molecule has 0 aromatic rings.